The fourth-order valence-corrected chi connectivity index (χ4v) is 2.70. The molecule has 0 fully saturated rings. The lowest BCUT2D eigenvalue weighted by Gasteiger charge is -2.08. The van der Waals surface area contributed by atoms with Gasteiger partial charge in [-0.2, -0.15) is 0 Å². The third-order valence-electron chi connectivity index (χ3n) is 2.65. The Morgan fingerprint density at radius 1 is 1.33 bits per heavy atom. The largest absolute Gasteiger partial charge is 0.311 e. The lowest BCUT2D eigenvalue weighted by molar-refractivity contribution is 0.568. The number of hydrogen-bond acceptors (Lipinski definition) is 4. The van der Waals surface area contributed by atoms with E-state index in [0.717, 1.165) is 29.6 Å². The van der Waals surface area contributed by atoms with E-state index < -0.39 is 11.6 Å². The topological polar surface area (TPSA) is 37.8 Å². The Kier molecular flexibility index (Phi) is 3.98. The Balaban J connectivity index is 2.37. The smallest absolute Gasteiger partial charge is 0.150 e. The van der Waals surface area contributed by atoms with Gasteiger partial charge in [0.15, 0.2) is 5.01 Å². The molecule has 96 valence electrons. The Hall–Kier alpha value is -1.40. The van der Waals surface area contributed by atoms with Crippen molar-refractivity contribution < 1.29 is 8.78 Å². The molecule has 1 heterocycles. The molecule has 18 heavy (non-hydrogen) atoms. The third-order valence-corrected chi connectivity index (χ3v) is 3.72. The van der Waals surface area contributed by atoms with Gasteiger partial charge in [-0.25, -0.2) is 8.78 Å². The first-order valence-corrected chi connectivity index (χ1v) is 6.43. The summed E-state index contributed by atoms with van der Waals surface area (Å²) in [6.45, 7) is 2.02. The van der Waals surface area contributed by atoms with Gasteiger partial charge in [-0.15, -0.1) is 10.2 Å². The number of aromatic nitrogens is 2. The molecule has 1 unspecified atom stereocenters. The van der Waals surface area contributed by atoms with Crippen molar-refractivity contribution in [2.24, 2.45) is 0 Å². The van der Waals surface area contributed by atoms with Crippen molar-refractivity contribution in [1.82, 2.24) is 15.5 Å². The van der Waals surface area contributed by atoms with Gasteiger partial charge in [0.1, 0.15) is 16.6 Å². The minimum atomic E-state index is -0.489. The zero-order valence-electron chi connectivity index (χ0n) is 10.1. The Bertz CT molecular complexity index is 538. The molecule has 1 aromatic carbocycles. The number of nitrogens with zero attached hydrogens (tertiary/aromatic N) is 2. The molecular formula is C12H13F2N3S. The summed E-state index contributed by atoms with van der Waals surface area (Å²) >= 11 is 1.27. The van der Waals surface area contributed by atoms with Crippen molar-refractivity contribution in [3.63, 3.8) is 0 Å². The number of nitrogens with one attached hydrogen (secondary N) is 1. The van der Waals surface area contributed by atoms with E-state index in [1.54, 1.807) is 0 Å². The Labute approximate surface area is 108 Å². The molecule has 0 saturated carbocycles. The van der Waals surface area contributed by atoms with Crippen molar-refractivity contribution in [3.05, 3.63) is 34.8 Å². The van der Waals surface area contributed by atoms with Crippen LogP contribution in [0, 0.1) is 11.6 Å². The van der Waals surface area contributed by atoms with Gasteiger partial charge < -0.3 is 5.32 Å². The molecule has 0 bridgehead atoms. The second kappa shape index (κ2) is 5.49. The van der Waals surface area contributed by atoms with Gasteiger partial charge in [-0.3, -0.25) is 0 Å². The zero-order valence-corrected chi connectivity index (χ0v) is 10.9. The summed E-state index contributed by atoms with van der Waals surface area (Å²) in [7, 11) is 1.83. The minimum absolute atomic E-state index is 0.0906. The first-order chi connectivity index (χ1) is 8.65. The van der Waals surface area contributed by atoms with Crippen molar-refractivity contribution in [3.8, 4) is 10.6 Å². The molecule has 2 aromatic rings. The van der Waals surface area contributed by atoms with E-state index in [9.17, 15) is 8.78 Å². The fraction of sp³-hybridized carbons (Fsp3) is 0.333. The van der Waals surface area contributed by atoms with Crippen LogP contribution in [-0.4, -0.2) is 17.2 Å². The monoisotopic (exact) mass is 269 g/mol. The van der Waals surface area contributed by atoms with Crippen LogP contribution in [0.25, 0.3) is 10.6 Å². The normalized spacial score (nSPS) is 12.7. The van der Waals surface area contributed by atoms with Crippen molar-refractivity contribution >= 4 is 11.3 Å². The predicted molar refractivity (Wildman–Crippen MR) is 67.4 cm³/mol. The Morgan fingerprint density at radius 3 is 2.78 bits per heavy atom. The molecular weight excluding hydrogens is 256 g/mol. The Morgan fingerprint density at radius 2 is 2.11 bits per heavy atom. The predicted octanol–water partition coefficient (Wildman–Crippen LogP) is 3.15. The van der Waals surface area contributed by atoms with Gasteiger partial charge in [0.05, 0.1) is 11.6 Å². The van der Waals surface area contributed by atoms with Crippen LogP contribution < -0.4 is 5.32 Å². The van der Waals surface area contributed by atoms with Crippen LogP contribution in [0.3, 0.4) is 0 Å². The zero-order chi connectivity index (χ0) is 13.1. The van der Waals surface area contributed by atoms with Gasteiger partial charge in [0.25, 0.3) is 0 Å². The highest BCUT2D eigenvalue weighted by Gasteiger charge is 2.16. The first-order valence-electron chi connectivity index (χ1n) is 5.61. The number of rotatable bonds is 4. The van der Waals surface area contributed by atoms with E-state index >= 15 is 0 Å². The molecule has 2 rings (SSSR count). The van der Waals surface area contributed by atoms with Crippen molar-refractivity contribution in [1.29, 1.82) is 0 Å². The van der Waals surface area contributed by atoms with E-state index in [0.29, 0.717) is 5.01 Å². The van der Waals surface area contributed by atoms with Crippen LogP contribution in [0.4, 0.5) is 8.78 Å². The molecule has 1 atom stereocenters. The fourth-order valence-electron chi connectivity index (χ4n) is 1.65. The highest BCUT2D eigenvalue weighted by atomic mass is 32.1. The maximum atomic E-state index is 13.6. The number of benzene rings is 1. The molecule has 1 N–H and O–H groups in total. The minimum Gasteiger partial charge on any atom is -0.311 e. The van der Waals surface area contributed by atoms with Crippen molar-refractivity contribution in [2.45, 2.75) is 19.4 Å². The van der Waals surface area contributed by atoms with E-state index in [1.807, 2.05) is 14.0 Å². The van der Waals surface area contributed by atoms with Crippen LogP contribution >= 0.6 is 11.3 Å². The molecule has 0 saturated heterocycles. The highest BCUT2D eigenvalue weighted by Crippen LogP contribution is 2.29. The van der Waals surface area contributed by atoms with Gasteiger partial charge in [0, 0.05) is 0 Å². The summed E-state index contributed by atoms with van der Waals surface area (Å²) in [5, 5.41) is 12.2. The molecule has 0 radical (unpaired) electrons. The maximum Gasteiger partial charge on any atom is 0.150 e. The third kappa shape index (κ3) is 2.54. The summed E-state index contributed by atoms with van der Waals surface area (Å²) in [5.41, 5.74) is 0.157. The standard InChI is InChI=1S/C12H13F2N3S/c1-3-10(15-2)12-17-16-11(18-12)8-6-7(13)4-5-9(8)14/h4-6,10,15H,3H2,1-2H3. The molecule has 0 aliphatic carbocycles. The summed E-state index contributed by atoms with van der Waals surface area (Å²) in [4.78, 5) is 0. The lowest BCUT2D eigenvalue weighted by Crippen LogP contribution is -2.14. The molecule has 0 amide bonds. The quantitative estimate of drug-likeness (QED) is 0.926. The SMILES string of the molecule is CCC(NC)c1nnc(-c2cc(F)ccc2F)s1. The average molecular weight is 269 g/mol. The van der Waals surface area contributed by atoms with Crippen LogP contribution in [-0.2, 0) is 0 Å². The van der Waals surface area contributed by atoms with E-state index in [2.05, 4.69) is 15.5 Å². The summed E-state index contributed by atoms with van der Waals surface area (Å²) in [6, 6.07) is 3.41. The van der Waals surface area contributed by atoms with Gasteiger partial charge >= 0.3 is 0 Å². The van der Waals surface area contributed by atoms with Crippen molar-refractivity contribution in [2.75, 3.05) is 7.05 Å². The molecule has 0 aliphatic heterocycles. The van der Waals surface area contributed by atoms with Crippen LogP contribution in [0.5, 0.6) is 0 Å². The molecule has 0 aliphatic rings. The second-order valence-corrected chi connectivity index (χ2v) is 4.83. The van der Waals surface area contributed by atoms with Crippen LogP contribution in [0.15, 0.2) is 18.2 Å². The summed E-state index contributed by atoms with van der Waals surface area (Å²) in [6.07, 6.45) is 0.858. The van der Waals surface area contributed by atoms with E-state index in [1.165, 1.54) is 11.3 Å². The average Bonchev–Trinajstić information content (AvgIpc) is 2.83. The molecule has 6 heteroatoms. The molecule has 1 aromatic heterocycles. The van der Waals surface area contributed by atoms with Gasteiger partial charge in [0.2, 0.25) is 0 Å². The summed E-state index contributed by atoms with van der Waals surface area (Å²) < 4.78 is 26.7. The van der Waals surface area contributed by atoms with Crippen LogP contribution in [0.2, 0.25) is 0 Å². The lowest BCUT2D eigenvalue weighted by atomic mass is 10.2. The van der Waals surface area contributed by atoms with Crippen LogP contribution in [0.1, 0.15) is 24.4 Å². The number of halogens is 2. The molecule has 3 nitrogen and oxygen atoms in total. The maximum absolute atomic E-state index is 13.6. The van der Waals surface area contributed by atoms with Gasteiger partial charge in [-0.05, 0) is 31.7 Å². The highest BCUT2D eigenvalue weighted by molar-refractivity contribution is 7.14. The summed E-state index contributed by atoms with van der Waals surface area (Å²) in [5.74, 6) is -0.972. The van der Waals surface area contributed by atoms with Gasteiger partial charge in [-0.1, -0.05) is 18.3 Å². The molecule has 0 spiro atoms. The van der Waals surface area contributed by atoms with E-state index in [-0.39, 0.29) is 11.6 Å². The second-order valence-electron chi connectivity index (χ2n) is 3.82. The first kappa shape index (κ1) is 13.0. The van der Waals surface area contributed by atoms with E-state index in [4.69, 9.17) is 0 Å². The number of hydrogen-bond donors (Lipinski definition) is 1.